The molecule has 2 amide bonds. The van der Waals surface area contributed by atoms with E-state index >= 15 is 0 Å². The van der Waals surface area contributed by atoms with Crippen molar-refractivity contribution in [3.05, 3.63) is 59.7 Å². The van der Waals surface area contributed by atoms with Crippen molar-refractivity contribution in [1.29, 1.82) is 0 Å². The van der Waals surface area contributed by atoms with Gasteiger partial charge in [-0.05, 0) is 42.5 Å². The zero-order valence-electron chi connectivity index (χ0n) is 18.8. The Morgan fingerprint density at radius 2 is 1.44 bits per heavy atom. The van der Waals surface area contributed by atoms with E-state index in [1.54, 1.807) is 0 Å². The first-order valence-corrected chi connectivity index (χ1v) is 10.6. The molecule has 2 unspecified atom stereocenters. The van der Waals surface area contributed by atoms with Crippen molar-refractivity contribution in [3.8, 4) is 11.1 Å². The van der Waals surface area contributed by atoms with E-state index in [0.29, 0.717) is 6.92 Å². The SMILES string of the molecule is CCC(C)(NC(=O)OCC1c2ccccc2-c2ccccc21)C(=O)NC(C)(C(=O)O)C(F)(F)F. The van der Waals surface area contributed by atoms with E-state index in [2.05, 4.69) is 5.32 Å². The Morgan fingerprint density at radius 1 is 0.941 bits per heavy atom. The van der Waals surface area contributed by atoms with Gasteiger partial charge in [-0.2, -0.15) is 13.2 Å². The maximum Gasteiger partial charge on any atom is 0.422 e. The molecule has 10 heteroatoms. The lowest BCUT2D eigenvalue weighted by molar-refractivity contribution is -0.207. The largest absolute Gasteiger partial charge is 0.479 e. The number of hydrogen-bond donors (Lipinski definition) is 3. The van der Waals surface area contributed by atoms with E-state index in [0.717, 1.165) is 22.3 Å². The average molecular weight is 478 g/mol. The molecule has 7 nitrogen and oxygen atoms in total. The molecule has 0 spiro atoms. The minimum Gasteiger partial charge on any atom is -0.479 e. The second-order valence-corrected chi connectivity index (χ2v) is 8.52. The van der Waals surface area contributed by atoms with Crippen molar-refractivity contribution in [2.24, 2.45) is 0 Å². The zero-order valence-corrected chi connectivity index (χ0v) is 18.8. The Bertz CT molecular complexity index is 1070. The number of aliphatic carboxylic acids is 1. The highest BCUT2D eigenvalue weighted by Gasteiger charge is 2.59. The normalized spacial score (nSPS) is 16.4. The van der Waals surface area contributed by atoms with E-state index < -0.39 is 35.2 Å². The average Bonchev–Trinajstić information content (AvgIpc) is 3.10. The van der Waals surface area contributed by atoms with Crippen molar-refractivity contribution in [3.63, 3.8) is 0 Å². The number of ether oxygens (including phenoxy) is 1. The van der Waals surface area contributed by atoms with Crippen LogP contribution in [0.2, 0.25) is 0 Å². The number of benzene rings is 2. The number of alkyl carbamates (subject to hydrolysis) is 1. The molecule has 0 radical (unpaired) electrons. The topological polar surface area (TPSA) is 105 Å². The second kappa shape index (κ2) is 9.00. The van der Waals surface area contributed by atoms with E-state index in [4.69, 9.17) is 9.84 Å². The number of carbonyl (C=O) groups is 3. The highest BCUT2D eigenvalue weighted by Crippen LogP contribution is 2.44. The molecule has 0 fully saturated rings. The molecule has 3 N–H and O–H groups in total. The molecule has 1 aliphatic rings. The van der Waals surface area contributed by atoms with Gasteiger partial charge in [0.1, 0.15) is 12.1 Å². The number of carbonyl (C=O) groups excluding carboxylic acids is 2. The number of alkyl halides is 3. The van der Waals surface area contributed by atoms with Crippen LogP contribution in [0, 0.1) is 0 Å². The second-order valence-electron chi connectivity index (χ2n) is 8.52. The van der Waals surface area contributed by atoms with Gasteiger partial charge in [0.25, 0.3) is 0 Å². The van der Waals surface area contributed by atoms with Crippen LogP contribution in [0.25, 0.3) is 11.1 Å². The Labute approximate surface area is 194 Å². The van der Waals surface area contributed by atoms with Crippen LogP contribution in [0.4, 0.5) is 18.0 Å². The standard InChI is InChI=1S/C24H25F3N2O5/c1-4-22(2,19(30)28-23(3,20(31)32)24(25,26)27)29-21(33)34-13-18-16-11-7-5-9-14(16)15-10-6-8-12-17(15)18/h5-12,18H,4,13H2,1-3H3,(H,28,30)(H,29,33)(H,31,32). The van der Waals surface area contributed by atoms with E-state index in [1.807, 2.05) is 48.5 Å². The number of fused-ring (bicyclic) bond motifs is 3. The molecule has 0 saturated heterocycles. The summed E-state index contributed by atoms with van der Waals surface area (Å²) in [4.78, 5) is 36.4. The lowest BCUT2D eigenvalue weighted by Crippen LogP contribution is -2.67. The molecule has 34 heavy (non-hydrogen) atoms. The van der Waals surface area contributed by atoms with Gasteiger partial charge in [-0.1, -0.05) is 55.5 Å². The minimum absolute atomic E-state index is 0.0589. The van der Waals surface area contributed by atoms with Gasteiger partial charge in [0.2, 0.25) is 11.4 Å². The van der Waals surface area contributed by atoms with E-state index in [9.17, 15) is 27.6 Å². The van der Waals surface area contributed by atoms with Crippen LogP contribution >= 0.6 is 0 Å². The molecule has 3 rings (SSSR count). The number of amides is 2. The van der Waals surface area contributed by atoms with Crippen LogP contribution in [0.3, 0.4) is 0 Å². The van der Waals surface area contributed by atoms with Gasteiger partial charge in [0.15, 0.2) is 0 Å². The molecule has 2 aromatic rings. The first-order chi connectivity index (χ1) is 15.8. The van der Waals surface area contributed by atoms with Crippen LogP contribution in [-0.4, -0.2) is 46.9 Å². The summed E-state index contributed by atoms with van der Waals surface area (Å²) in [5.41, 5.74) is -1.40. The van der Waals surface area contributed by atoms with Crippen molar-refractivity contribution in [1.82, 2.24) is 10.6 Å². The summed E-state index contributed by atoms with van der Waals surface area (Å²) in [6.07, 6.45) is -6.38. The highest BCUT2D eigenvalue weighted by molar-refractivity contribution is 5.94. The fourth-order valence-corrected chi connectivity index (χ4v) is 3.78. The third-order valence-electron chi connectivity index (χ3n) is 6.29. The van der Waals surface area contributed by atoms with Gasteiger partial charge >= 0.3 is 18.2 Å². The molecule has 0 heterocycles. The van der Waals surface area contributed by atoms with Crippen LogP contribution in [0.5, 0.6) is 0 Å². The number of nitrogens with one attached hydrogen (secondary N) is 2. The summed E-state index contributed by atoms with van der Waals surface area (Å²) in [6, 6.07) is 15.3. The van der Waals surface area contributed by atoms with E-state index in [-0.39, 0.29) is 18.9 Å². The molecule has 0 aliphatic heterocycles. The number of halogens is 3. The molecule has 0 bridgehead atoms. The summed E-state index contributed by atoms with van der Waals surface area (Å²) < 4.78 is 45.3. The lowest BCUT2D eigenvalue weighted by atomic mass is 9.94. The molecule has 182 valence electrons. The Kier molecular flexibility index (Phi) is 6.64. The Balaban J connectivity index is 1.72. The quantitative estimate of drug-likeness (QED) is 0.553. The van der Waals surface area contributed by atoms with Crippen molar-refractivity contribution in [2.75, 3.05) is 6.61 Å². The fourth-order valence-electron chi connectivity index (χ4n) is 3.78. The van der Waals surface area contributed by atoms with Gasteiger partial charge in [0.05, 0.1) is 0 Å². The summed E-state index contributed by atoms with van der Waals surface area (Å²) in [6.45, 7) is 2.95. The molecule has 0 saturated carbocycles. The number of rotatable bonds is 7. The molecule has 2 atom stereocenters. The summed E-state index contributed by atoms with van der Waals surface area (Å²) in [7, 11) is 0. The molecular formula is C24H25F3N2O5. The van der Waals surface area contributed by atoms with Gasteiger partial charge in [0, 0.05) is 5.92 Å². The molecular weight excluding hydrogens is 453 g/mol. The van der Waals surface area contributed by atoms with Crippen LogP contribution in [0.1, 0.15) is 44.2 Å². The fraction of sp³-hybridized carbons (Fsp3) is 0.375. The maximum atomic E-state index is 13.3. The molecule has 2 aromatic carbocycles. The smallest absolute Gasteiger partial charge is 0.422 e. The first-order valence-electron chi connectivity index (χ1n) is 10.6. The predicted molar refractivity (Wildman–Crippen MR) is 117 cm³/mol. The van der Waals surface area contributed by atoms with Crippen molar-refractivity contribution in [2.45, 2.75) is 50.4 Å². The summed E-state index contributed by atoms with van der Waals surface area (Å²) in [5.74, 6) is -3.82. The lowest BCUT2D eigenvalue weighted by Gasteiger charge is -2.34. The summed E-state index contributed by atoms with van der Waals surface area (Å²) >= 11 is 0. The highest BCUT2D eigenvalue weighted by atomic mass is 19.4. The van der Waals surface area contributed by atoms with Gasteiger partial charge in [-0.3, -0.25) is 4.79 Å². The van der Waals surface area contributed by atoms with Crippen molar-refractivity contribution >= 4 is 18.0 Å². The zero-order chi connectivity index (χ0) is 25.3. The Morgan fingerprint density at radius 3 is 1.88 bits per heavy atom. The number of carboxylic acids is 1. The minimum atomic E-state index is -5.26. The number of carboxylic acid groups (broad SMARTS) is 1. The van der Waals surface area contributed by atoms with Gasteiger partial charge in [-0.15, -0.1) is 0 Å². The maximum absolute atomic E-state index is 13.3. The monoisotopic (exact) mass is 478 g/mol. The first kappa shape index (κ1) is 25.1. The van der Waals surface area contributed by atoms with Gasteiger partial charge in [-0.25, -0.2) is 9.59 Å². The Hall–Kier alpha value is -3.56. The third kappa shape index (κ3) is 4.44. The predicted octanol–water partition coefficient (Wildman–Crippen LogP) is 4.22. The van der Waals surface area contributed by atoms with Gasteiger partial charge < -0.3 is 20.5 Å². The molecule has 0 aromatic heterocycles. The molecule has 1 aliphatic carbocycles. The van der Waals surface area contributed by atoms with E-state index in [1.165, 1.54) is 19.2 Å². The van der Waals surface area contributed by atoms with Crippen LogP contribution < -0.4 is 10.6 Å². The third-order valence-corrected chi connectivity index (χ3v) is 6.29. The summed E-state index contributed by atoms with van der Waals surface area (Å²) in [5, 5.41) is 12.9. The van der Waals surface area contributed by atoms with Crippen molar-refractivity contribution < 1.29 is 37.4 Å². The van der Waals surface area contributed by atoms with Crippen LogP contribution in [0.15, 0.2) is 48.5 Å². The van der Waals surface area contributed by atoms with Crippen LogP contribution in [-0.2, 0) is 14.3 Å². The number of hydrogen-bond acceptors (Lipinski definition) is 4.